The van der Waals surface area contributed by atoms with Gasteiger partial charge in [0, 0.05) is 6.54 Å². The van der Waals surface area contributed by atoms with E-state index in [4.69, 9.17) is 16.3 Å². The lowest BCUT2D eigenvalue weighted by molar-refractivity contribution is 0.0531. The van der Waals surface area contributed by atoms with Crippen molar-refractivity contribution in [3.05, 3.63) is 10.6 Å². The predicted molar refractivity (Wildman–Crippen MR) is 61.8 cm³/mol. The molecule has 0 aliphatic carbocycles. The second-order valence-electron chi connectivity index (χ2n) is 2.68. The lowest BCUT2D eigenvalue weighted by atomic mass is 10.4. The van der Waals surface area contributed by atoms with E-state index in [-0.39, 0.29) is 11.8 Å². The molecule has 0 aromatic carbocycles. The highest BCUT2D eigenvalue weighted by Crippen LogP contribution is 2.25. The Hall–Kier alpha value is -0.810. The van der Waals surface area contributed by atoms with Crippen LogP contribution in [0, 0.1) is 0 Å². The normalized spacial score (nSPS) is 10.1. The van der Waals surface area contributed by atoms with Crippen molar-refractivity contribution in [2.45, 2.75) is 19.7 Å². The Balaban J connectivity index is 2.89. The van der Waals surface area contributed by atoms with Crippen LogP contribution in [0.5, 0.6) is 0 Å². The van der Waals surface area contributed by atoms with Crippen molar-refractivity contribution < 1.29 is 9.53 Å². The van der Waals surface area contributed by atoms with Gasteiger partial charge in [-0.15, -0.1) is 11.6 Å². The molecule has 84 valence electrons. The van der Waals surface area contributed by atoms with Crippen molar-refractivity contribution >= 4 is 34.0 Å². The number of rotatable bonds is 5. The molecule has 1 N–H and O–H groups in total. The first-order valence-electron chi connectivity index (χ1n) is 4.69. The molecule has 0 bridgehead atoms. The molecule has 0 spiro atoms. The minimum atomic E-state index is -0.352. The summed E-state index contributed by atoms with van der Waals surface area (Å²) in [5.41, 5.74) is 0.580. The highest BCUT2D eigenvalue weighted by molar-refractivity contribution is 7.17. The van der Waals surface area contributed by atoms with Crippen LogP contribution >= 0.6 is 22.9 Å². The van der Waals surface area contributed by atoms with Gasteiger partial charge in [-0.1, -0.05) is 11.3 Å². The molecule has 1 heterocycles. The van der Waals surface area contributed by atoms with Crippen LogP contribution in [0.15, 0.2) is 0 Å². The smallest absolute Gasteiger partial charge is 0.350 e. The van der Waals surface area contributed by atoms with Gasteiger partial charge in [-0.25, -0.2) is 9.78 Å². The number of esters is 1. The van der Waals surface area contributed by atoms with Gasteiger partial charge in [0.2, 0.25) is 0 Å². The summed E-state index contributed by atoms with van der Waals surface area (Å²) in [6.07, 6.45) is 0. The van der Waals surface area contributed by atoms with Crippen molar-refractivity contribution in [3.63, 3.8) is 0 Å². The van der Waals surface area contributed by atoms with E-state index in [1.54, 1.807) is 6.92 Å². The van der Waals surface area contributed by atoms with Crippen molar-refractivity contribution in [1.29, 1.82) is 0 Å². The fraction of sp³-hybridized carbons (Fsp3) is 0.556. The van der Waals surface area contributed by atoms with E-state index >= 15 is 0 Å². The van der Waals surface area contributed by atoms with Crippen molar-refractivity contribution in [2.75, 3.05) is 18.5 Å². The Morgan fingerprint density at radius 1 is 1.60 bits per heavy atom. The monoisotopic (exact) mass is 248 g/mol. The van der Waals surface area contributed by atoms with E-state index < -0.39 is 0 Å². The summed E-state index contributed by atoms with van der Waals surface area (Å²) in [6.45, 7) is 4.85. The second kappa shape index (κ2) is 5.92. The zero-order valence-corrected chi connectivity index (χ0v) is 10.2. The van der Waals surface area contributed by atoms with Crippen LogP contribution < -0.4 is 5.32 Å². The van der Waals surface area contributed by atoms with Crippen LogP contribution in [0.25, 0.3) is 0 Å². The van der Waals surface area contributed by atoms with E-state index in [1.807, 2.05) is 6.92 Å². The Morgan fingerprint density at radius 3 is 2.87 bits per heavy atom. The van der Waals surface area contributed by atoms with Gasteiger partial charge in [-0.05, 0) is 13.8 Å². The molecule has 0 aliphatic heterocycles. The SMILES string of the molecule is CCNc1nc(CCl)c(C(=O)OCC)s1. The third-order valence-electron chi connectivity index (χ3n) is 1.61. The maximum Gasteiger partial charge on any atom is 0.350 e. The molecule has 0 atom stereocenters. The van der Waals surface area contributed by atoms with Crippen molar-refractivity contribution in [1.82, 2.24) is 4.98 Å². The Bertz CT molecular complexity index is 341. The van der Waals surface area contributed by atoms with Crippen LogP contribution in [0.4, 0.5) is 5.13 Å². The summed E-state index contributed by atoms with van der Waals surface area (Å²) in [4.78, 5) is 16.2. The van der Waals surface area contributed by atoms with Crippen LogP contribution in [-0.2, 0) is 10.6 Å². The molecule has 6 heteroatoms. The number of anilines is 1. The molecule has 0 fully saturated rings. The molecule has 0 saturated heterocycles. The number of halogens is 1. The number of ether oxygens (including phenoxy) is 1. The van der Waals surface area contributed by atoms with E-state index in [9.17, 15) is 4.79 Å². The Labute approximate surface area is 97.6 Å². The minimum Gasteiger partial charge on any atom is -0.462 e. The first-order chi connectivity index (χ1) is 7.22. The third kappa shape index (κ3) is 3.07. The fourth-order valence-corrected chi connectivity index (χ4v) is 2.24. The largest absolute Gasteiger partial charge is 0.462 e. The highest BCUT2D eigenvalue weighted by atomic mass is 35.5. The summed E-state index contributed by atoms with van der Waals surface area (Å²) < 4.78 is 4.91. The number of nitrogens with one attached hydrogen (secondary N) is 1. The van der Waals surface area contributed by atoms with Crippen molar-refractivity contribution in [2.24, 2.45) is 0 Å². The zero-order chi connectivity index (χ0) is 11.3. The van der Waals surface area contributed by atoms with E-state index in [0.717, 1.165) is 6.54 Å². The lowest BCUT2D eigenvalue weighted by Gasteiger charge is -1.98. The molecule has 0 unspecified atom stereocenters. The fourth-order valence-electron chi connectivity index (χ4n) is 1.03. The summed E-state index contributed by atoms with van der Waals surface area (Å²) in [6, 6.07) is 0. The summed E-state index contributed by atoms with van der Waals surface area (Å²) in [5, 5.41) is 3.75. The molecule has 0 amide bonds. The highest BCUT2D eigenvalue weighted by Gasteiger charge is 2.18. The average Bonchev–Trinajstić information content (AvgIpc) is 2.62. The number of alkyl halides is 1. The number of hydrogen-bond donors (Lipinski definition) is 1. The molecule has 0 saturated carbocycles. The average molecular weight is 249 g/mol. The Kier molecular flexibility index (Phi) is 4.84. The first-order valence-corrected chi connectivity index (χ1v) is 6.04. The topological polar surface area (TPSA) is 51.2 Å². The van der Waals surface area contributed by atoms with E-state index in [2.05, 4.69) is 10.3 Å². The number of carbonyl (C=O) groups excluding carboxylic acids is 1. The number of carbonyl (C=O) groups is 1. The molecule has 1 aromatic rings. The summed E-state index contributed by atoms with van der Waals surface area (Å²) in [5.74, 6) is -0.134. The van der Waals surface area contributed by atoms with Crippen molar-refractivity contribution in [3.8, 4) is 0 Å². The molecule has 0 radical (unpaired) electrons. The molecular weight excluding hydrogens is 236 g/mol. The summed E-state index contributed by atoms with van der Waals surface area (Å²) >= 11 is 6.97. The molecule has 15 heavy (non-hydrogen) atoms. The number of hydrogen-bond acceptors (Lipinski definition) is 5. The van der Waals surface area contributed by atoms with E-state index in [0.29, 0.717) is 22.3 Å². The second-order valence-corrected chi connectivity index (χ2v) is 3.95. The van der Waals surface area contributed by atoms with Gasteiger partial charge in [0.05, 0.1) is 18.2 Å². The third-order valence-corrected chi connectivity index (χ3v) is 2.90. The van der Waals surface area contributed by atoms with Crippen LogP contribution in [0.2, 0.25) is 0 Å². The molecular formula is C9H13ClN2O2S. The zero-order valence-electron chi connectivity index (χ0n) is 8.67. The number of nitrogens with zero attached hydrogens (tertiary/aromatic N) is 1. The van der Waals surface area contributed by atoms with Crippen LogP contribution in [-0.4, -0.2) is 24.1 Å². The molecule has 1 rings (SSSR count). The van der Waals surface area contributed by atoms with Crippen LogP contribution in [0.3, 0.4) is 0 Å². The molecule has 1 aromatic heterocycles. The van der Waals surface area contributed by atoms with Crippen LogP contribution in [0.1, 0.15) is 29.2 Å². The van der Waals surface area contributed by atoms with Gasteiger partial charge >= 0.3 is 5.97 Å². The van der Waals surface area contributed by atoms with Gasteiger partial charge in [0.25, 0.3) is 0 Å². The maximum absolute atomic E-state index is 11.5. The van der Waals surface area contributed by atoms with Gasteiger partial charge in [-0.3, -0.25) is 0 Å². The Morgan fingerprint density at radius 2 is 2.33 bits per heavy atom. The number of thiazole rings is 1. The quantitative estimate of drug-likeness (QED) is 0.643. The van der Waals surface area contributed by atoms with Gasteiger partial charge in [0.1, 0.15) is 4.88 Å². The van der Waals surface area contributed by atoms with Gasteiger partial charge in [0.15, 0.2) is 5.13 Å². The van der Waals surface area contributed by atoms with E-state index in [1.165, 1.54) is 11.3 Å². The molecule has 4 nitrogen and oxygen atoms in total. The lowest BCUT2D eigenvalue weighted by Crippen LogP contribution is -2.04. The van der Waals surface area contributed by atoms with Gasteiger partial charge in [-0.2, -0.15) is 0 Å². The number of aromatic nitrogens is 1. The molecule has 0 aliphatic rings. The summed E-state index contributed by atoms with van der Waals surface area (Å²) in [7, 11) is 0. The van der Waals surface area contributed by atoms with Gasteiger partial charge < -0.3 is 10.1 Å². The first kappa shape index (κ1) is 12.3. The maximum atomic E-state index is 11.5. The predicted octanol–water partition coefficient (Wildman–Crippen LogP) is 2.49. The standard InChI is InChI=1S/C9H13ClN2O2S/c1-3-11-9-12-6(5-10)7(15-9)8(13)14-4-2/h3-5H2,1-2H3,(H,11,12). The minimum absolute atomic E-state index is 0.218.